The zero-order valence-corrected chi connectivity index (χ0v) is 12.0. The van der Waals surface area contributed by atoms with E-state index in [1.165, 1.54) is 6.07 Å². The van der Waals surface area contributed by atoms with Crippen LogP contribution in [0.25, 0.3) is 5.57 Å². The molecule has 0 N–H and O–H groups in total. The molecule has 3 heteroatoms. The van der Waals surface area contributed by atoms with Crippen molar-refractivity contribution >= 4 is 5.57 Å². The summed E-state index contributed by atoms with van der Waals surface area (Å²) in [6, 6.07) is 3.13. The predicted molar refractivity (Wildman–Crippen MR) is 77.7 cm³/mol. The van der Waals surface area contributed by atoms with Gasteiger partial charge in [-0.15, -0.1) is 0 Å². The molecule has 0 spiro atoms. The van der Waals surface area contributed by atoms with Gasteiger partial charge >= 0.3 is 0 Å². The molecular weight excluding hydrogens is 258 g/mol. The minimum Gasteiger partial charge on any atom is -0.491 e. The van der Waals surface area contributed by atoms with E-state index in [9.17, 15) is 8.78 Å². The standard InChI is InChI=1S/C17H20F2O/c1-3-5-12-6-8-13(9-7-12)14-10-11-15(20-4-2)17(19)16(14)18/h3,5,8,10-12H,4,6-7,9H2,1-2H3/b5-3+. The van der Waals surface area contributed by atoms with Crippen LogP contribution in [0.1, 0.15) is 38.7 Å². The van der Waals surface area contributed by atoms with Crippen molar-refractivity contribution < 1.29 is 13.5 Å². The fourth-order valence-corrected chi connectivity index (χ4v) is 2.59. The minimum atomic E-state index is -0.888. The molecule has 1 nitrogen and oxygen atoms in total. The maximum atomic E-state index is 14.1. The summed E-state index contributed by atoms with van der Waals surface area (Å²) < 4.78 is 33.0. The lowest BCUT2D eigenvalue weighted by Crippen LogP contribution is -2.05. The summed E-state index contributed by atoms with van der Waals surface area (Å²) in [7, 11) is 0. The summed E-state index contributed by atoms with van der Waals surface area (Å²) >= 11 is 0. The Hall–Kier alpha value is -1.64. The molecule has 0 amide bonds. The maximum absolute atomic E-state index is 14.1. The van der Waals surface area contributed by atoms with Crippen LogP contribution in [0.15, 0.2) is 30.4 Å². The van der Waals surface area contributed by atoms with Gasteiger partial charge in [-0.25, -0.2) is 4.39 Å². The molecule has 1 aromatic carbocycles. The lowest BCUT2D eigenvalue weighted by Gasteiger charge is -2.20. The lowest BCUT2D eigenvalue weighted by molar-refractivity contribution is 0.314. The normalized spacial score (nSPS) is 19.2. The fraction of sp³-hybridized carbons (Fsp3) is 0.412. The number of hydrogen-bond acceptors (Lipinski definition) is 1. The molecule has 1 unspecified atom stereocenters. The third kappa shape index (κ3) is 3.09. The highest BCUT2D eigenvalue weighted by molar-refractivity contribution is 5.67. The van der Waals surface area contributed by atoms with E-state index in [4.69, 9.17) is 4.74 Å². The van der Waals surface area contributed by atoms with Crippen LogP contribution in [0.5, 0.6) is 5.75 Å². The van der Waals surface area contributed by atoms with E-state index in [2.05, 4.69) is 6.08 Å². The number of rotatable bonds is 4. The van der Waals surface area contributed by atoms with Crippen molar-refractivity contribution in [1.82, 2.24) is 0 Å². The SMILES string of the molecule is C/C=C/C1CC=C(c2ccc(OCC)c(F)c2F)CC1. The molecule has 0 saturated heterocycles. The van der Waals surface area contributed by atoms with Crippen LogP contribution in [0, 0.1) is 17.6 Å². The van der Waals surface area contributed by atoms with E-state index in [0.717, 1.165) is 24.8 Å². The minimum absolute atomic E-state index is 0.0167. The van der Waals surface area contributed by atoms with Gasteiger partial charge in [0, 0.05) is 5.56 Å². The van der Waals surface area contributed by atoms with Gasteiger partial charge < -0.3 is 4.74 Å². The van der Waals surface area contributed by atoms with Crippen molar-refractivity contribution in [2.45, 2.75) is 33.1 Å². The molecule has 0 bridgehead atoms. The van der Waals surface area contributed by atoms with Gasteiger partial charge in [0.25, 0.3) is 0 Å². The summed E-state index contributed by atoms with van der Waals surface area (Å²) in [6.45, 7) is 4.07. The van der Waals surface area contributed by atoms with E-state index in [1.807, 2.05) is 19.1 Å². The molecule has 1 aromatic rings. The van der Waals surface area contributed by atoms with Crippen LogP contribution in [0.4, 0.5) is 8.78 Å². The van der Waals surface area contributed by atoms with Crippen molar-refractivity contribution in [3.8, 4) is 5.75 Å². The number of hydrogen-bond donors (Lipinski definition) is 0. The summed E-state index contributed by atoms with van der Waals surface area (Å²) in [6.07, 6.45) is 8.87. The van der Waals surface area contributed by atoms with E-state index < -0.39 is 11.6 Å². The largest absolute Gasteiger partial charge is 0.491 e. The van der Waals surface area contributed by atoms with Crippen molar-refractivity contribution in [2.24, 2.45) is 5.92 Å². The first kappa shape index (κ1) is 14.8. The Bertz CT molecular complexity index is 532. The summed E-state index contributed by atoms with van der Waals surface area (Å²) in [5.74, 6) is -1.19. The quantitative estimate of drug-likeness (QED) is 0.694. The molecule has 0 aliphatic heterocycles. The zero-order valence-electron chi connectivity index (χ0n) is 12.0. The molecule has 2 rings (SSSR count). The molecular formula is C17H20F2O. The van der Waals surface area contributed by atoms with Gasteiger partial charge in [-0.1, -0.05) is 18.2 Å². The molecule has 0 saturated carbocycles. The molecule has 1 aliphatic rings. The van der Waals surface area contributed by atoms with E-state index in [-0.39, 0.29) is 5.75 Å². The molecule has 20 heavy (non-hydrogen) atoms. The average molecular weight is 278 g/mol. The van der Waals surface area contributed by atoms with Gasteiger partial charge in [0.05, 0.1) is 6.61 Å². The first-order valence-corrected chi connectivity index (χ1v) is 7.10. The average Bonchev–Trinajstić information content (AvgIpc) is 2.46. The van der Waals surface area contributed by atoms with Crippen LogP contribution in [-0.4, -0.2) is 6.61 Å². The zero-order chi connectivity index (χ0) is 14.5. The third-order valence-electron chi connectivity index (χ3n) is 3.61. The first-order chi connectivity index (χ1) is 9.67. The van der Waals surface area contributed by atoms with Crippen LogP contribution < -0.4 is 4.74 Å². The second kappa shape index (κ2) is 6.69. The number of ether oxygens (including phenoxy) is 1. The second-order valence-electron chi connectivity index (χ2n) is 4.96. The fourth-order valence-electron chi connectivity index (χ4n) is 2.59. The third-order valence-corrected chi connectivity index (χ3v) is 3.61. The lowest BCUT2D eigenvalue weighted by atomic mass is 9.86. The molecule has 0 fully saturated rings. The van der Waals surface area contributed by atoms with Gasteiger partial charge in [-0.3, -0.25) is 0 Å². The van der Waals surface area contributed by atoms with Gasteiger partial charge in [0.2, 0.25) is 5.82 Å². The van der Waals surface area contributed by atoms with Gasteiger partial charge in [0.15, 0.2) is 11.6 Å². The van der Waals surface area contributed by atoms with E-state index >= 15 is 0 Å². The van der Waals surface area contributed by atoms with Crippen molar-refractivity contribution in [2.75, 3.05) is 6.61 Å². The molecule has 1 aliphatic carbocycles. The second-order valence-corrected chi connectivity index (χ2v) is 4.96. The molecule has 0 aromatic heterocycles. The summed E-state index contributed by atoms with van der Waals surface area (Å²) in [5, 5.41) is 0. The van der Waals surface area contributed by atoms with Crippen LogP contribution in [-0.2, 0) is 0 Å². The Morgan fingerprint density at radius 2 is 2.10 bits per heavy atom. The first-order valence-electron chi connectivity index (χ1n) is 7.10. The number of benzene rings is 1. The highest BCUT2D eigenvalue weighted by Gasteiger charge is 2.20. The Morgan fingerprint density at radius 1 is 1.30 bits per heavy atom. The smallest absolute Gasteiger partial charge is 0.201 e. The summed E-state index contributed by atoms with van der Waals surface area (Å²) in [5.41, 5.74) is 1.26. The van der Waals surface area contributed by atoms with Crippen molar-refractivity contribution in [3.63, 3.8) is 0 Å². The van der Waals surface area contributed by atoms with Crippen LogP contribution in [0.3, 0.4) is 0 Å². The van der Waals surface area contributed by atoms with E-state index in [1.54, 1.807) is 13.0 Å². The van der Waals surface area contributed by atoms with Crippen LogP contribution in [0.2, 0.25) is 0 Å². The molecule has 0 radical (unpaired) electrons. The topological polar surface area (TPSA) is 9.23 Å². The highest BCUT2D eigenvalue weighted by atomic mass is 19.2. The predicted octanol–water partition coefficient (Wildman–Crippen LogP) is 5.12. The van der Waals surface area contributed by atoms with E-state index in [0.29, 0.717) is 18.1 Å². The van der Waals surface area contributed by atoms with Gasteiger partial charge in [-0.2, -0.15) is 4.39 Å². The Morgan fingerprint density at radius 3 is 2.70 bits per heavy atom. The summed E-state index contributed by atoms with van der Waals surface area (Å²) in [4.78, 5) is 0. The number of halogens is 2. The van der Waals surface area contributed by atoms with Crippen LogP contribution >= 0.6 is 0 Å². The molecule has 0 heterocycles. The van der Waals surface area contributed by atoms with Gasteiger partial charge in [0.1, 0.15) is 0 Å². The maximum Gasteiger partial charge on any atom is 0.201 e. The Labute approximate surface area is 119 Å². The number of allylic oxidation sites excluding steroid dienone is 4. The Balaban J connectivity index is 2.24. The monoisotopic (exact) mass is 278 g/mol. The highest BCUT2D eigenvalue weighted by Crippen LogP contribution is 2.34. The Kier molecular flexibility index (Phi) is 4.94. The van der Waals surface area contributed by atoms with Crippen molar-refractivity contribution in [3.05, 3.63) is 47.6 Å². The van der Waals surface area contributed by atoms with Gasteiger partial charge in [-0.05, 0) is 56.7 Å². The molecule has 1 atom stereocenters. The molecule has 108 valence electrons. The van der Waals surface area contributed by atoms with Crippen molar-refractivity contribution in [1.29, 1.82) is 0 Å².